The third kappa shape index (κ3) is 6.06. The molecule has 0 radical (unpaired) electrons. The molecule has 1 aliphatic heterocycles. The van der Waals surface area contributed by atoms with E-state index in [4.69, 9.17) is 11.6 Å². The first kappa shape index (κ1) is 30.5. The summed E-state index contributed by atoms with van der Waals surface area (Å²) < 4.78 is 41.6. The summed E-state index contributed by atoms with van der Waals surface area (Å²) in [5, 5.41) is 11.9. The summed E-state index contributed by atoms with van der Waals surface area (Å²) in [6.07, 6.45) is 0.0779. The fraction of sp³-hybridized carbons (Fsp3) is 0.310. The van der Waals surface area contributed by atoms with Crippen LogP contribution in [-0.4, -0.2) is 45.7 Å². The first-order chi connectivity index (χ1) is 19.6. The molecule has 2 fully saturated rings. The van der Waals surface area contributed by atoms with Crippen molar-refractivity contribution in [3.63, 3.8) is 0 Å². The molecule has 2 atom stereocenters. The smallest absolute Gasteiger partial charge is 0.252 e. The molecule has 218 valence electrons. The minimum Gasteiger partial charge on any atom is -0.351 e. The number of carbonyl (C=O) groups excluding carboxylic acids is 3. The Morgan fingerprint density at radius 2 is 1.90 bits per heavy atom. The van der Waals surface area contributed by atoms with Crippen LogP contribution in [0.15, 0.2) is 60.8 Å². The number of benzene rings is 2. The van der Waals surface area contributed by atoms with Crippen LogP contribution < -0.4 is 15.1 Å². The number of nitrogens with one attached hydrogen (secondary N) is 1. The Balaban J connectivity index is 0.00000405. The van der Waals surface area contributed by atoms with Crippen LogP contribution in [0.5, 0.6) is 0 Å². The van der Waals surface area contributed by atoms with E-state index >= 15 is 0 Å². The lowest BCUT2D eigenvalue weighted by Gasteiger charge is -2.39. The molecule has 2 aliphatic rings. The zero-order valence-corrected chi connectivity index (χ0v) is 22.1. The Kier molecular flexibility index (Phi) is 8.82. The van der Waals surface area contributed by atoms with Gasteiger partial charge in [0.05, 0.1) is 0 Å². The van der Waals surface area contributed by atoms with Crippen LogP contribution in [-0.2, 0) is 14.4 Å². The second-order valence-electron chi connectivity index (χ2n) is 9.75. The van der Waals surface area contributed by atoms with Crippen molar-refractivity contribution in [2.45, 2.75) is 57.2 Å². The first-order valence-corrected chi connectivity index (χ1v) is 13.0. The summed E-state index contributed by atoms with van der Waals surface area (Å²) in [6.45, 7) is 0. The predicted octanol–water partition coefficient (Wildman–Crippen LogP) is 4.96. The lowest BCUT2D eigenvalue weighted by molar-refractivity contribution is -0.133. The molecule has 1 aliphatic carbocycles. The number of nitriles is 1. The summed E-state index contributed by atoms with van der Waals surface area (Å²) in [6, 6.07) is 10.7. The van der Waals surface area contributed by atoms with Crippen molar-refractivity contribution >= 4 is 41.0 Å². The number of amides is 3. The van der Waals surface area contributed by atoms with Crippen LogP contribution in [0.2, 0.25) is 5.02 Å². The predicted molar refractivity (Wildman–Crippen MR) is 148 cm³/mol. The Labute approximate surface area is 244 Å². The lowest BCUT2D eigenvalue weighted by atomic mass is 9.87. The Bertz CT molecular complexity index is 1560. The lowest BCUT2D eigenvalue weighted by Crippen LogP contribution is -2.56. The molecule has 2 heterocycles. The molecular formula is C29H26ClF3N6O3. The van der Waals surface area contributed by atoms with Crippen LogP contribution in [0.3, 0.4) is 0 Å². The van der Waals surface area contributed by atoms with E-state index < -0.39 is 60.4 Å². The Morgan fingerprint density at radius 3 is 2.57 bits per heavy atom. The van der Waals surface area contributed by atoms with Crippen molar-refractivity contribution in [1.82, 2.24) is 15.3 Å². The summed E-state index contributed by atoms with van der Waals surface area (Å²) in [5.41, 5.74) is 0.0995. The second kappa shape index (κ2) is 12.2. The van der Waals surface area contributed by atoms with Gasteiger partial charge in [0.15, 0.2) is 0 Å². The molecule has 5 rings (SSSR count). The molecule has 9 nitrogen and oxygen atoms in total. The molecule has 0 spiro atoms. The molecule has 2 aromatic carbocycles. The first-order valence-electron chi connectivity index (χ1n) is 12.6. The van der Waals surface area contributed by atoms with Crippen molar-refractivity contribution in [3.05, 3.63) is 82.9 Å². The molecule has 1 N–H and O–H groups in total. The van der Waals surface area contributed by atoms with Gasteiger partial charge in [0.2, 0.25) is 17.8 Å². The molecule has 1 saturated carbocycles. The van der Waals surface area contributed by atoms with Gasteiger partial charge in [0.1, 0.15) is 29.7 Å². The third-order valence-electron chi connectivity index (χ3n) is 6.94. The average Bonchev–Trinajstić information content (AvgIpc) is 3.32. The number of anilines is 2. The molecule has 0 unspecified atom stereocenters. The van der Waals surface area contributed by atoms with E-state index in [0.29, 0.717) is 0 Å². The average molecular weight is 599 g/mol. The quantitative estimate of drug-likeness (QED) is 0.411. The number of alkyl halides is 2. The summed E-state index contributed by atoms with van der Waals surface area (Å²) >= 11 is 6.47. The number of hydrogen-bond donors (Lipinski definition) is 1. The summed E-state index contributed by atoms with van der Waals surface area (Å²) in [5.74, 6) is -5.89. The number of rotatable bonds is 7. The molecule has 1 aromatic heterocycles. The fourth-order valence-corrected chi connectivity index (χ4v) is 5.26. The maximum Gasteiger partial charge on any atom is 0.252 e. The minimum absolute atomic E-state index is 0. The van der Waals surface area contributed by atoms with Crippen molar-refractivity contribution in [1.29, 1.82) is 5.26 Å². The highest BCUT2D eigenvalue weighted by Crippen LogP contribution is 2.39. The Morgan fingerprint density at radius 1 is 1.17 bits per heavy atom. The monoisotopic (exact) mass is 598 g/mol. The van der Waals surface area contributed by atoms with Gasteiger partial charge in [-0.1, -0.05) is 43.3 Å². The zero-order valence-electron chi connectivity index (χ0n) is 21.3. The normalized spacial score (nSPS) is 18.3. The van der Waals surface area contributed by atoms with Gasteiger partial charge in [0.25, 0.3) is 11.8 Å². The zero-order chi connectivity index (χ0) is 29.3. The van der Waals surface area contributed by atoms with Crippen molar-refractivity contribution in [2.24, 2.45) is 0 Å². The molecule has 42 heavy (non-hydrogen) atoms. The largest absolute Gasteiger partial charge is 0.351 e. The van der Waals surface area contributed by atoms with Gasteiger partial charge < -0.3 is 5.32 Å². The van der Waals surface area contributed by atoms with Crippen LogP contribution in [0, 0.1) is 17.1 Å². The van der Waals surface area contributed by atoms with Crippen LogP contribution >= 0.6 is 11.6 Å². The summed E-state index contributed by atoms with van der Waals surface area (Å²) in [4.78, 5) is 51.3. The molecule has 3 amide bonds. The van der Waals surface area contributed by atoms with Gasteiger partial charge in [0, 0.05) is 47.8 Å². The van der Waals surface area contributed by atoms with Gasteiger partial charge in [-0.15, -0.1) is 0 Å². The topological polar surface area (TPSA) is 119 Å². The molecule has 3 aromatic rings. The fourth-order valence-electron chi connectivity index (χ4n) is 5.02. The van der Waals surface area contributed by atoms with E-state index in [1.807, 2.05) is 6.07 Å². The van der Waals surface area contributed by atoms with Gasteiger partial charge in [-0.05, 0) is 36.8 Å². The standard InChI is InChI=1S/C28H22ClF3N6O3.CH4/c29-21-7-2-1-6-20(21)24(25(40)35-18-13-28(31,32)14-18)37(19-5-3-4-16(30)12-19)26(41)22-8-9-23(39)38(22)27-34-11-10-17(15-33)36-27;/h1-7,10-12,18,22,24H,8-9,13-14H2,(H,35,40);1H4/t22-,24-;/m0./s1. The van der Waals surface area contributed by atoms with E-state index in [0.717, 1.165) is 21.9 Å². The van der Waals surface area contributed by atoms with Gasteiger partial charge in [-0.2, -0.15) is 5.26 Å². The van der Waals surface area contributed by atoms with Crippen molar-refractivity contribution in [2.75, 3.05) is 9.80 Å². The van der Waals surface area contributed by atoms with Crippen LogP contribution in [0.1, 0.15) is 50.4 Å². The highest BCUT2D eigenvalue weighted by Gasteiger charge is 2.48. The number of carbonyl (C=O) groups is 3. The number of aromatic nitrogens is 2. The summed E-state index contributed by atoms with van der Waals surface area (Å²) in [7, 11) is 0. The SMILES string of the molecule is C.N#Cc1ccnc(N2C(=O)CC[C@H]2C(=O)N(c2cccc(F)c2)[C@H](C(=O)NC2CC(F)(F)C2)c2ccccc2Cl)n1. The van der Waals surface area contributed by atoms with E-state index in [2.05, 4.69) is 15.3 Å². The van der Waals surface area contributed by atoms with Crippen LogP contribution in [0.4, 0.5) is 24.8 Å². The molecule has 1 saturated heterocycles. The Hall–Kier alpha value is -4.50. The van der Waals surface area contributed by atoms with E-state index in [9.17, 15) is 32.8 Å². The highest BCUT2D eigenvalue weighted by atomic mass is 35.5. The van der Waals surface area contributed by atoms with Gasteiger partial charge >= 0.3 is 0 Å². The molecular weight excluding hydrogens is 573 g/mol. The van der Waals surface area contributed by atoms with Gasteiger partial charge in [-0.25, -0.2) is 23.1 Å². The van der Waals surface area contributed by atoms with Crippen LogP contribution in [0.25, 0.3) is 0 Å². The second-order valence-corrected chi connectivity index (χ2v) is 10.2. The van der Waals surface area contributed by atoms with E-state index in [-0.39, 0.29) is 48.2 Å². The van der Waals surface area contributed by atoms with Crippen molar-refractivity contribution < 1.29 is 27.6 Å². The van der Waals surface area contributed by atoms with E-state index in [1.165, 1.54) is 36.5 Å². The number of halogens is 4. The molecule has 13 heteroatoms. The van der Waals surface area contributed by atoms with E-state index in [1.54, 1.807) is 12.1 Å². The maximum absolute atomic E-state index is 14.5. The maximum atomic E-state index is 14.5. The van der Waals surface area contributed by atoms with Gasteiger partial charge in [-0.3, -0.25) is 24.2 Å². The highest BCUT2D eigenvalue weighted by molar-refractivity contribution is 6.31. The number of nitrogens with zero attached hydrogens (tertiary/aromatic N) is 5. The molecule has 0 bridgehead atoms. The minimum atomic E-state index is -2.92. The third-order valence-corrected chi connectivity index (χ3v) is 7.28. The van der Waals surface area contributed by atoms with Crippen molar-refractivity contribution in [3.8, 4) is 6.07 Å². The number of hydrogen-bond acceptors (Lipinski definition) is 6.